The maximum absolute atomic E-state index is 12.3. The van der Waals surface area contributed by atoms with E-state index in [0.29, 0.717) is 12.5 Å². The topological polar surface area (TPSA) is 41.6 Å². The Morgan fingerprint density at radius 1 is 1.30 bits per heavy atom. The van der Waals surface area contributed by atoms with Crippen molar-refractivity contribution >= 4 is 6.09 Å². The fourth-order valence-corrected chi connectivity index (χ4v) is 4.40. The molecule has 2 fully saturated rings. The lowest BCUT2D eigenvalue weighted by atomic mass is 9.63. The Balaban J connectivity index is 1.90. The lowest BCUT2D eigenvalue weighted by Crippen LogP contribution is -2.54. The van der Waals surface area contributed by atoms with Gasteiger partial charge in [0, 0.05) is 18.5 Å². The van der Waals surface area contributed by atoms with Crippen molar-refractivity contribution in [3.8, 4) is 0 Å². The molecule has 1 unspecified atom stereocenters. The predicted molar refractivity (Wildman–Crippen MR) is 91.5 cm³/mol. The number of rotatable bonds is 3. The highest BCUT2D eigenvalue weighted by Crippen LogP contribution is 2.44. The van der Waals surface area contributed by atoms with Crippen LogP contribution in [0.4, 0.5) is 4.79 Å². The summed E-state index contributed by atoms with van der Waals surface area (Å²) < 4.78 is 5.27. The van der Waals surface area contributed by atoms with Crippen LogP contribution < -0.4 is 5.32 Å². The Bertz CT molecular complexity index is 513. The van der Waals surface area contributed by atoms with E-state index in [9.17, 15) is 4.79 Å². The summed E-state index contributed by atoms with van der Waals surface area (Å²) in [7, 11) is 0. The van der Waals surface area contributed by atoms with Crippen LogP contribution in [-0.2, 0) is 10.2 Å². The first-order valence-corrected chi connectivity index (χ1v) is 8.94. The Kier molecular flexibility index (Phi) is 5.21. The highest BCUT2D eigenvalue weighted by Gasteiger charge is 2.45. The van der Waals surface area contributed by atoms with Crippen molar-refractivity contribution in [3.63, 3.8) is 0 Å². The third-order valence-electron chi connectivity index (χ3n) is 5.52. The van der Waals surface area contributed by atoms with Gasteiger partial charge in [-0.15, -0.1) is 0 Å². The van der Waals surface area contributed by atoms with Gasteiger partial charge in [0.2, 0.25) is 0 Å². The normalized spacial score (nSPS) is 26.0. The fraction of sp³-hybridized carbons (Fsp3) is 0.632. The van der Waals surface area contributed by atoms with E-state index in [4.69, 9.17) is 4.74 Å². The Morgan fingerprint density at radius 2 is 2.04 bits per heavy atom. The van der Waals surface area contributed by atoms with E-state index < -0.39 is 0 Å². The van der Waals surface area contributed by atoms with Crippen molar-refractivity contribution in [1.82, 2.24) is 10.2 Å². The molecule has 0 aliphatic carbocycles. The van der Waals surface area contributed by atoms with Crippen LogP contribution in [-0.4, -0.2) is 43.8 Å². The molecule has 1 aromatic rings. The molecule has 1 aromatic carbocycles. The fourth-order valence-electron chi connectivity index (χ4n) is 4.40. The molecular weight excluding hydrogens is 288 g/mol. The number of likely N-dealkylation sites (tertiary alicyclic amines) is 1. The molecule has 126 valence electrons. The van der Waals surface area contributed by atoms with Gasteiger partial charge in [-0.05, 0) is 57.2 Å². The third kappa shape index (κ3) is 3.37. The molecule has 3 rings (SSSR count). The maximum atomic E-state index is 12.3. The summed E-state index contributed by atoms with van der Waals surface area (Å²) in [4.78, 5) is 14.2. The quantitative estimate of drug-likeness (QED) is 0.931. The van der Waals surface area contributed by atoms with Gasteiger partial charge < -0.3 is 15.0 Å². The minimum absolute atomic E-state index is 0.0777. The van der Waals surface area contributed by atoms with E-state index in [1.165, 1.54) is 18.4 Å². The van der Waals surface area contributed by atoms with Gasteiger partial charge in [-0.25, -0.2) is 4.79 Å². The number of nitrogens with one attached hydrogen (secondary N) is 1. The van der Waals surface area contributed by atoms with Gasteiger partial charge in [-0.2, -0.15) is 0 Å². The second kappa shape index (κ2) is 7.35. The Hall–Kier alpha value is -1.55. The summed E-state index contributed by atoms with van der Waals surface area (Å²) in [5.41, 5.74) is 1.47. The first-order chi connectivity index (χ1) is 11.3. The molecule has 1 amide bonds. The largest absolute Gasteiger partial charge is 0.450 e. The van der Waals surface area contributed by atoms with Gasteiger partial charge in [0.1, 0.15) is 0 Å². The second-order valence-corrected chi connectivity index (χ2v) is 6.77. The molecule has 0 spiro atoms. The first kappa shape index (κ1) is 16.3. The minimum atomic E-state index is -0.151. The summed E-state index contributed by atoms with van der Waals surface area (Å²) in [6, 6.07) is 10.8. The smallest absolute Gasteiger partial charge is 0.409 e. The van der Waals surface area contributed by atoms with Crippen LogP contribution in [0.1, 0.15) is 38.2 Å². The predicted octanol–water partition coefficient (Wildman–Crippen LogP) is 3.18. The van der Waals surface area contributed by atoms with Crippen molar-refractivity contribution < 1.29 is 9.53 Å². The highest BCUT2D eigenvalue weighted by atomic mass is 16.6. The van der Waals surface area contributed by atoms with Crippen LogP contribution >= 0.6 is 0 Å². The van der Waals surface area contributed by atoms with Crippen LogP contribution in [0.2, 0.25) is 0 Å². The van der Waals surface area contributed by atoms with E-state index in [1.807, 2.05) is 11.8 Å². The molecular formula is C19H28N2O2. The van der Waals surface area contributed by atoms with Crippen LogP contribution in [0.25, 0.3) is 0 Å². The molecule has 0 bridgehead atoms. The number of carbonyl (C=O) groups is 1. The van der Waals surface area contributed by atoms with Gasteiger partial charge in [0.05, 0.1) is 6.61 Å². The lowest BCUT2D eigenvalue weighted by molar-refractivity contribution is 0.0574. The number of hydrogen-bond donors (Lipinski definition) is 1. The van der Waals surface area contributed by atoms with Gasteiger partial charge in [0.25, 0.3) is 0 Å². The molecule has 0 radical (unpaired) electrons. The van der Waals surface area contributed by atoms with E-state index >= 15 is 0 Å². The molecule has 2 aliphatic rings. The summed E-state index contributed by atoms with van der Waals surface area (Å²) in [5.74, 6) is 0.628. The maximum Gasteiger partial charge on any atom is 0.409 e. The summed E-state index contributed by atoms with van der Waals surface area (Å²) in [6.07, 6.45) is 4.44. The number of hydrogen-bond acceptors (Lipinski definition) is 3. The molecule has 2 heterocycles. The van der Waals surface area contributed by atoms with Crippen molar-refractivity contribution in [3.05, 3.63) is 35.9 Å². The van der Waals surface area contributed by atoms with Gasteiger partial charge in [-0.3, -0.25) is 0 Å². The summed E-state index contributed by atoms with van der Waals surface area (Å²) in [6.45, 7) is 6.09. The first-order valence-electron chi connectivity index (χ1n) is 8.94. The zero-order valence-corrected chi connectivity index (χ0v) is 14.1. The van der Waals surface area contributed by atoms with Gasteiger partial charge in [0.15, 0.2) is 0 Å². The molecule has 1 N–H and O–H groups in total. The van der Waals surface area contributed by atoms with Gasteiger partial charge in [-0.1, -0.05) is 30.3 Å². The van der Waals surface area contributed by atoms with Crippen LogP contribution in [0.3, 0.4) is 0 Å². The number of carbonyl (C=O) groups excluding carboxylic acids is 1. The molecule has 1 atom stereocenters. The van der Waals surface area contributed by atoms with E-state index in [-0.39, 0.29) is 11.5 Å². The average molecular weight is 316 g/mol. The zero-order chi connectivity index (χ0) is 16.1. The second-order valence-electron chi connectivity index (χ2n) is 6.77. The van der Waals surface area contributed by atoms with Crippen molar-refractivity contribution in [1.29, 1.82) is 0 Å². The monoisotopic (exact) mass is 316 g/mol. The number of ether oxygens (including phenoxy) is 1. The SMILES string of the molecule is CCOC(=O)N1CCCC(c2ccccc2)(C2CCNCC2)C1. The Labute approximate surface area is 139 Å². The van der Waals surface area contributed by atoms with Gasteiger partial charge >= 0.3 is 6.09 Å². The third-order valence-corrected chi connectivity index (χ3v) is 5.52. The summed E-state index contributed by atoms with van der Waals surface area (Å²) in [5, 5.41) is 3.47. The minimum Gasteiger partial charge on any atom is -0.450 e. The standard InChI is InChI=1S/C19H28N2O2/c1-2-23-18(22)21-14-6-11-19(15-21,16-7-4-3-5-8-16)17-9-12-20-13-10-17/h3-5,7-8,17,20H,2,6,9-15H2,1H3. The molecule has 23 heavy (non-hydrogen) atoms. The van der Waals surface area contributed by atoms with Crippen molar-refractivity contribution in [2.75, 3.05) is 32.8 Å². The van der Waals surface area contributed by atoms with E-state index in [1.54, 1.807) is 0 Å². The summed E-state index contributed by atoms with van der Waals surface area (Å²) >= 11 is 0. The number of piperidine rings is 2. The highest BCUT2D eigenvalue weighted by molar-refractivity contribution is 5.68. The number of nitrogens with zero attached hydrogens (tertiary/aromatic N) is 1. The zero-order valence-electron chi connectivity index (χ0n) is 14.1. The molecule has 0 aromatic heterocycles. The van der Waals surface area contributed by atoms with Crippen LogP contribution in [0, 0.1) is 5.92 Å². The van der Waals surface area contributed by atoms with Crippen molar-refractivity contribution in [2.24, 2.45) is 5.92 Å². The molecule has 4 nitrogen and oxygen atoms in total. The molecule has 4 heteroatoms. The number of amides is 1. The molecule has 2 aliphatic heterocycles. The van der Waals surface area contributed by atoms with Crippen LogP contribution in [0.15, 0.2) is 30.3 Å². The average Bonchev–Trinajstić information content (AvgIpc) is 2.63. The lowest BCUT2D eigenvalue weighted by Gasteiger charge is -2.49. The molecule has 2 saturated heterocycles. The van der Waals surface area contributed by atoms with E-state index in [2.05, 4.69) is 35.6 Å². The van der Waals surface area contributed by atoms with Crippen LogP contribution in [0.5, 0.6) is 0 Å². The number of benzene rings is 1. The van der Waals surface area contributed by atoms with Crippen molar-refractivity contribution in [2.45, 2.75) is 38.0 Å². The molecule has 0 saturated carbocycles. The Morgan fingerprint density at radius 3 is 2.74 bits per heavy atom. The van der Waals surface area contributed by atoms with E-state index in [0.717, 1.165) is 39.0 Å².